The summed E-state index contributed by atoms with van der Waals surface area (Å²) in [7, 11) is 1.94. The predicted molar refractivity (Wildman–Crippen MR) is 61.2 cm³/mol. The Labute approximate surface area is 93.9 Å². The molecule has 0 fully saturated rings. The van der Waals surface area contributed by atoms with Crippen molar-refractivity contribution in [3.63, 3.8) is 0 Å². The summed E-state index contributed by atoms with van der Waals surface area (Å²) in [5.41, 5.74) is 2.97. The SMILES string of the molecule is Cc1nn(C)c2c1nc(CCl)n2C(C)C. The molecule has 0 unspecified atom stereocenters. The molecule has 0 saturated heterocycles. The number of rotatable bonds is 2. The fourth-order valence-electron chi connectivity index (χ4n) is 1.98. The standard InChI is InChI=1S/C10H15ClN4/c1-6(2)15-8(5-11)12-9-7(3)13-14(4)10(9)15/h6H,5H2,1-4H3. The zero-order valence-electron chi connectivity index (χ0n) is 9.45. The van der Waals surface area contributed by atoms with Crippen LogP contribution in [0.5, 0.6) is 0 Å². The highest BCUT2D eigenvalue weighted by Crippen LogP contribution is 2.23. The van der Waals surface area contributed by atoms with E-state index >= 15 is 0 Å². The molecule has 2 aromatic heterocycles. The van der Waals surface area contributed by atoms with Crippen LogP contribution in [0.2, 0.25) is 0 Å². The van der Waals surface area contributed by atoms with Crippen LogP contribution < -0.4 is 0 Å². The Morgan fingerprint density at radius 2 is 2.07 bits per heavy atom. The number of hydrogen-bond donors (Lipinski definition) is 0. The summed E-state index contributed by atoms with van der Waals surface area (Å²) in [6, 6.07) is 0.346. The first kappa shape index (κ1) is 10.5. The molecule has 0 N–H and O–H groups in total. The molecule has 2 rings (SSSR count). The fraction of sp³-hybridized carbons (Fsp3) is 0.600. The van der Waals surface area contributed by atoms with Crippen LogP contribution in [0.4, 0.5) is 0 Å². The maximum Gasteiger partial charge on any atom is 0.158 e. The van der Waals surface area contributed by atoms with Gasteiger partial charge in [-0.2, -0.15) is 5.10 Å². The molecule has 0 aliphatic rings. The normalized spacial score (nSPS) is 11.9. The Bertz CT molecular complexity index is 495. The molecule has 0 amide bonds. The van der Waals surface area contributed by atoms with Gasteiger partial charge in [0, 0.05) is 13.1 Å². The molecule has 5 heteroatoms. The summed E-state index contributed by atoms with van der Waals surface area (Å²) in [5, 5.41) is 4.36. The average molecular weight is 227 g/mol. The topological polar surface area (TPSA) is 35.6 Å². The Morgan fingerprint density at radius 3 is 2.60 bits per heavy atom. The molecule has 0 aliphatic heterocycles. The van der Waals surface area contributed by atoms with Crippen molar-refractivity contribution < 1.29 is 0 Å². The minimum Gasteiger partial charge on any atom is -0.309 e. The molecule has 0 saturated carbocycles. The second kappa shape index (κ2) is 3.52. The van der Waals surface area contributed by atoms with Crippen LogP contribution in [-0.2, 0) is 12.9 Å². The summed E-state index contributed by atoms with van der Waals surface area (Å²) in [4.78, 5) is 4.52. The summed E-state index contributed by atoms with van der Waals surface area (Å²) in [6.45, 7) is 6.22. The van der Waals surface area contributed by atoms with Gasteiger partial charge in [-0.25, -0.2) is 4.98 Å². The fourth-order valence-corrected chi connectivity index (χ4v) is 2.17. The number of halogens is 1. The molecule has 0 spiro atoms. The van der Waals surface area contributed by atoms with Gasteiger partial charge in [0.05, 0.1) is 11.6 Å². The lowest BCUT2D eigenvalue weighted by Crippen LogP contribution is -2.08. The maximum atomic E-state index is 5.90. The van der Waals surface area contributed by atoms with E-state index in [2.05, 4.69) is 28.5 Å². The molecule has 2 heterocycles. The van der Waals surface area contributed by atoms with Gasteiger partial charge in [-0.15, -0.1) is 11.6 Å². The smallest absolute Gasteiger partial charge is 0.158 e. The van der Waals surface area contributed by atoms with Crippen LogP contribution >= 0.6 is 11.6 Å². The van der Waals surface area contributed by atoms with Crippen LogP contribution in [0.1, 0.15) is 31.4 Å². The van der Waals surface area contributed by atoms with Crippen molar-refractivity contribution in [2.75, 3.05) is 0 Å². The summed E-state index contributed by atoms with van der Waals surface area (Å²) in [5.74, 6) is 1.35. The number of alkyl halides is 1. The van der Waals surface area contributed by atoms with Gasteiger partial charge < -0.3 is 4.57 Å². The Balaban J connectivity index is 2.82. The molecular weight excluding hydrogens is 212 g/mol. The van der Waals surface area contributed by atoms with Crippen molar-refractivity contribution in [3.8, 4) is 0 Å². The van der Waals surface area contributed by atoms with E-state index in [-0.39, 0.29) is 0 Å². The third-order valence-electron chi connectivity index (χ3n) is 2.54. The zero-order valence-corrected chi connectivity index (χ0v) is 10.2. The van der Waals surface area contributed by atoms with Crippen LogP contribution in [0.25, 0.3) is 11.2 Å². The quantitative estimate of drug-likeness (QED) is 0.738. The van der Waals surface area contributed by atoms with Gasteiger partial charge in [0.15, 0.2) is 5.65 Å². The van der Waals surface area contributed by atoms with E-state index in [9.17, 15) is 0 Å². The number of aromatic nitrogens is 4. The summed E-state index contributed by atoms with van der Waals surface area (Å²) < 4.78 is 4.01. The van der Waals surface area contributed by atoms with Crippen molar-refractivity contribution in [1.82, 2.24) is 19.3 Å². The van der Waals surface area contributed by atoms with E-state index in [4.69, 9.17) is 11.6 Å². The highest BCUT2D eigenvalue weighted by molar-refractivity contribution is 6.16. The molecule has 0 bridgehead atoms. The van der Waals surface area contributed by atoms with Crippen molar-refractivity contribution in [2.45, 2.75) is 32.7 Å². The zero-order chi connectivity index (χ0) is 11.2. The van der Waals surface area contributed by atoms with Crippen LogP contribution in [0.3, 0.4) is 0 Å². The van der Waals surface area contributed by atoms with Crippen LogP contribution in [0, 0.1) is 6.92 Å². The van der Waals surface area contributed by atoms with Gasteiger partial charge >= 0.3 is 0 Å². The monoisotopic (exact) mass is 226 g/mol. The van der Waals surface area contributed by atoms with E-state index < -0.39 is 0 Å². The number of hydrogen-bond acceptors (Lipinski definition) is 2. The first-order valence-electron chi connectivity index (χ1n) is 5.02. The highest BCUT2D eigenvalue weighted by atomic mass is 35.5. The third kappa shape index (κ3) is 1.44. The van der Waals surface area contributed by atoms with Crippen molar-refractivity contribution in [1.29, 1.82) is 0 Å². The summed E-state index contributed by atoms with van der Waals surface area (Å²) in [6.07, 6.45) is 0. The van der Waals surface area contributed by atoms with Crippen LogP contribution in [-0.4, -0.2) is 19.3 Å². The average Bonchev–Trinajstić information content (AvgIpc) is 2.66. The van der Waals surface area contributed by atoms with Gasteiger partial charge in [0.2, 0.25) is 0 Å². The van der Waals surface area contributed by atoms with Crippen molar-refractivity contribution in [2.24, 2.45) is 7.05 Å². The van der Waals surface area contributed by atoms with Gasteiger partial charge in [-0.05, 0) is 20.8 Å². The second-order valence-corrected chi connectivity index (χ2v) is 4.27. The molecular formula is C10H15ClN4. The molecule has 0 atom stereocenters. The number of fused-ring (bicyclic) bond motifs is 1. The van der Waals surface area contributed by atoms with E-state index in [1.165, 1.54) is 0 Å². The lowest BCUT2D eigenvalue weighted by atomic mass is 10.3. The maximum absolute atomic E-state index is 5.90. The van der Waals surface area contributed by atoms with E-state index in [0.29, 0.717) is 11.9 Å². The molecule has 15 heavy (non-hydrogen) atoms. The third-order valence-corrected chi connectivity index (χ3v) is 2.78. The van der Waals surface area contributed by atoms with E-state index in [1.807, 2.05) is 18.7 Å². The first-order valence-corrected chi connectivity index (χ1v) is 5.56. The molecule has 0 aliphatic carbocycles. The minimum absolute atomic E-state index is 0.346. The van der Waals surface area contributed by atoms with Crippen molar-refractivity contribution >= 4 is 22.8 Å². The van der Waals surface area contributed by atoms with Gasteiger partial charge in [-0.1, -0.05) is 0 Å². The number of imidazole rings is 1. The van der Waals surface area contributed by atoms with E-state index in [0.717, 1.165) is 22.7 Å². The van der Waals surface area contributed by atoms with Crippen LogP contribution in [0.15, 0.2) is 0 Å². The molecule has 0 radical (unpaired) electrons. The Morgan fingerprint density at radius 1 is 1.40 bits per heavy atom. The molecule has 4 nitrogen and oxygen atoms in total. The lowest BCUT2D eigenvalue weighted by Gasteiger charge is -2.11. The second-order valence-electron chi connectivity index (χ2n) is 4.01. The van der Waals surface area contributed by atoms with Gasteiger partial charge in [0.25, 0.3) is 0 Å². The minimum atomic E-state index is 0.346. The Hall–Kier alpha value is -1.03. The highest BCUT2D eigenvalue weighted by Gasteiger charge is 2.18. The number of aryl methyl sites for hydroxylation is 2. The van der Waals surface area contributed by atoms with Gasteiger partial charge in [0.1, 0.15) is 11.3 Å². The first-order chi connectivity index (χ1) is 7.06. The largest absolute Gasteiger partial charge is 0.309 e. The molecule has 82 valence electrons. The lowest BCUT2D eigenvalue weighted by molar-refractivity contribution is 0.576. The van der Waals surface area contributed by atoms with E-state index in [1.54, 1.807) is 0 Å². The Kier molecular flexibility index (Phi) is 2.46. The van der Waals surface area contributed by atoms with Crippen molar-refractivity contribution in [3.05, 3.63) is 11.5 Å². The molecule has 0 aromatic carbocycles. The summed E-state index contributed by atoms with van der Waals surface area (Å²) >= 11 is 5.90. The predicted octanol–water partition coefficient (Wildman–Crippen LogP) is 2.40. The number of nitrogens with zero attached hydrogens (tertiary/aromatic N) is 4. The van der Waals surface area contributed by atoms with Gasteiger partial charge in [-0.3, -0.25) is 4.68 Å². The molecule has 2 aromatic rings.